The van der Waals surface area contributed by atoms with Crippen molar-refractivity contribution in [1.82, 2.24) is 10.2 Å². The van der Waals surface area contributed by atoms with Crippen LogP contribution in [0.25, 0.3) is 0 Å². The molecule has 0 bridgehead atoms. The zero-order valence-corrected chi connectivity index (χ0v) is 11.4. The van der Waals surface area contributed by atoms with E-state index in [-0.39, 0.29) is 0 Å². The highest BCUT2D eigenvalue weighted by molar-refractivity contribution is 6.25. The number of hydrogen-bond donors (Lipinski definition) is 1. The molecule has 0 aromatic rings. The molecule has 1 atom stereocenters. The lowest BCUT2D eigenvalue weighted by Gasteiger charge is -2.30. The van der Waals surface area contributed by atoms with Gasteiger partial charge in [0.2, 0.25) is 0 Å². The van der Waals surface area contributed by atoms with E-state index in [0.717, 1.165) is 12.5 Å². The molecule has 1 rings (SSSR count). The second kappa shape index (κ2) is 8.10. The van der Waals surface area contributed by atoms with E-state index in [2.05, 4.69) is 24.1 Å². The topological polar surface area (TPSA) is 15.3 Å². The van der Waals surface area contributed by atoms with Gasteiger partial charge >= 0.3 is 0 Å². The molecule has 1 saturated heterocycles. The van der Waals surface area contributed by atoms with Crippen molar-refractivity contribution in [2.24, 2.45) is 5.92 Å². The second-order valence-corrected chi connectivity index (χ2v) is 5.12. The first-order chi connectivity index (χ1) is 7.76. The number of hydrogen-bond acceptors (Lipinski definition) is 2. The van der Waals surface area contributed by atoms with Gasteiger partial charge < -0.3 is 5.32 Å². The van der Waals surface area contributed by atoms with Crippen molar-refractivity contribution >= 4 is 11.6 Å². The van der Waals surface area contributed by atoms with Gasteiger partial charge in [0.05, 0.1) is 0 Å². The standard InChI is InChI=1S/C13H25ClN2/c1-3-7-16(10-12(2)8-14)11-13-5-4-6-15-9-13/h8,13,15H,3-7,9-11H2,1-2H3. The third-order valence-electron chi connectivity index (χ3n) is 3.11. The Balaban J connectivity index is 2.36. The quantitative estimate of drug-likeness (QED) is 0.773. The lowest BCUT2D eigenvalue weighted by Crippen LogP contribution is -2.39. The Morgan fingerprint density at radius 3 is 2.94 bits per heavy atom. The van der Waals surface area contributed by atoms with E-state index in [4.69, 9.17) is 11.6 Å². The molecule has 94 valence electrons. The molecule has 0 aromatic carbocycles. The maximum atomic E-state index is 5.74. The van der Waals surface area contributed by atoms with Gasteiger partial charge in [-0.25, -0.2) is 0 Å². The predicted octanol–water partition coefficient (Wildman–Crippen LogP) is 2.84. The first-order valence-corrected chi connectivity index (χ1v) is 6.88. The SMILES string of the molecule is CCCN(CC(C)=CCl)CC1CCCNC1. The van der Waals surface area contributed by atoms with Crippen LogP contribution >= 0.6 is 11.6 Å². The third kappa shape index (κ3) is 5.33. The fourth-order valence-corrected chi connectivity index (χ4v) is 2.45. The van der Waals surface area contributed by atoms with Crippen molar-refractivity contribution < 1.29 is 0 Å². The van der Waals surface area contributed by atoms with E-state index in [0.29, 0.717) is 0 Å². The first kappa shape index (κ1) is 14.0. The van der Waals surface area contributed by atoms with Crippen LogP contribution in [0.4, 0.5) is 0 Å². The molecular weight excluding hydrogens is 220 g/mol. The van der Waals surface area contributed by atoms with Crippen LogP contribution in [0.5, 0.6) is 0 Å². The maximum absolute atomic E-state index is 5.74. The van der Waals surface area contributed by atoms with Crippen LogP contribution in [-0.4, -0.2) is 37.6 Å². The summed E-state index contributed by atoms with van der Waals surface area (Å²) >= 11 is 5.74. The molecule has 1 aliphatic rings. The Kier molecular flexibility index (Phi) is 7.10. The summed E-state index contributed by atoms with van der Waals surface area (Å²) in [5.41, 5.74) is 2.97. The average Bonchev–Trinajstić information content (AvgIpc) is 2.30. The number of rotatable bonds is 6. The van der Waals surface area contributed by atoms with Crippen LogP contribution in [0.2, 0.25) is 0 Å². The lowest BCUT2D eigenvalue weighted by atomic mass is 9.99. The molecule has 1 aliphatic heterocycles. The molecule has 0 aromatic heterocycles. The summed E-state index contributed by atoms with van der Waals surface area (Å²) in [7, 11) is 0. The van der Waals surface area contributed by atoms with Crippen molar-refractivity contribution in [1.29, 1.82) is 0 Å². The van der Waals surface area contributed by atoms with Gasteiger partial charge in [-0.3, -0.25) is 4.90 Å². The minimum absolute atomic E-state index is 0.823. The predicted molar refractivity (Wildman–Crippen MR) is 71.9 cm³/mol. The molecule has 1 heterocycles. The highest BCUT2D eigenvalue weighted by Gasteiger charge is 2.16. The summed E-state index contributed by atoms with van der Waals surface area (Å²) in [4.78, 5) is 2.53. The smallest absolute Gasteiger partial charge is 0.0201 e. The summed E-state index contributed by atoms with van der Waals surface area (Å²) in [5.74, 6) is 0.823. The normalized spacial score (nSPS) is 22.8. The van der Waals surface area contributed by atoms with Gasteiger partial charge in [-0.2, -0.15) is 0 Å². The Labute approximate surface area is 105 Å². The molecule has 0 saturated carbocycles. The van der Waals surface area contributed by atoms with Crippen molar-refractivity contribution in [3.05, 3.63) is 11.1 Å². The van der Waals surface area contributed by atoms with E-state index >= 15 is 0 Å². The second-order valence-electron chi connectivity index (χ2n) is 4.90. The average molecular weight is 245 g/mol. The molecule has 16 heavy (non-hydrogen) atoms. The third-order valence-corrected chi connectivity index (χ3v) is 3.49. The minimum Gasteiger partial charge on any atom is -0.316 e. The summed E-state index contributed by atoms with van der Waals surface area (Å²) in [6.45, 7) is 10.1. The number of nitrogens with one attached hydrogen (secondary N) is 1. The van der Waals surface area contributed by atoms with E-state index < -0.39 is 0 Å². The molecule has 1 fully saturated rings. The zero-order valence-electron chi connectivity index (χ0n) is 10.6. The Bertz CT molecular complexity index is 210. The molecule has 0 radical (unpaired) electrons. The van der Waals surface area contributed by atoms with Crippen molar-refractivity contribution in [3.63, 3.8) is 0 Å². The Hall–Kier alpha value is -0.0500. The van der Waals surface area contributed by atoms with Crippen LogP contribution in [0.3, 0.4) is 0 Å². The van der Waals surface area contributed by atoms with Crippen molar-refractivity contribution in [2.75, 3.05) is 32.7 Å². The van der Waals surface area contributed by atoms with Crippen LogP contribution in [-0.2, 0) is 0 Å². The molecule has 2 nitrogen and oxygen atoms in total. The highest BCUT2D eigenvalue weighted by Crippen LogP contribution is 2.13. The molecule has 0 aliphatic carbocycles. The van der Waals surface area contributed by atoms with Gasteiger partial charge in [-0.05, 0) is 57.3 Å². The molecule has 0 amide bonds. The van der Waals surface area contributed by atoms with E-state index in [9.17, 15) is 0 Å². The largest absolute Gasteiger partial charge is 0.316 e. The molecule has 3 heteroatoms. The maximum Gasteiger partial charge on any atom is 0.0201 e. The summed E-state index contributed by atoms with van der Waals surface area (Å²) in [6.07, 6.45) is 3.92. The van der Waals surface area contributed by atoms with E-state index in [1.807, 2.05) is 0 Å². The molecular formula is C13H25ClN2. The van der Waals surface area contributed by atoms with Crippen LogP contribution in [0.15, 0.2) is 11.1 Å². The van der Waals surface area contributed by atoms with Gasteiger partial charge in [0.25, 0.3) is 0 Å². The minimum atomic E-state index is 0.823. The van der Waals surface area contributed by atoms with Crippen molar-refractivity contribution in [3.8, 4) is 0 Å². The number of halogens is 1. The Morgan fingerprint density at radius 1 is 1.56 bits per heavy atom. The van der Waals surface area contributed by atoms with Crippen LogP contribution < -0.4 is 5.32 Å². The first-order valence-electron chi connectivity index (χ1n) is 6.45. The lowest BCUT2D eigenvalue weighted by molar-refractivity contribution is 0.221. The van der Waals surface area contributed by atoms with Crippen molar-refractivity contribution in [2.45, 2.75) is 33.1 Å². The molecule has 1 N–H and O–H groups in total. The summed E-state index contributed by atoms with van der Waals surface area (Å²) in [5, 5.41) is 3.48. The number of piperidine rings is 1. The van der Waals surface area contributed by atoms with Gasteiger partial charge in [0, 0.05) is 18.6 Å². The van der Waals surface area contributed by atoms with Crippen LogP contribution in [0.1, 0.15) is 33.1 Å². The van der Waals surface area contributed by atoms with Gasteiger partial charge in [-0.15, -0.1) is 0 Å². The van der Waals surface area contributed by atoms with Gasteiger partial charge in [-0.1, -0.05) is 18.5 Å². The summed E-state index contributed by atoms with van der Waals surface area (Å²) in [6, 6.07) is 0. The van der Waals surface area contributed by atoms with Gasteiger partial charge in [0.15, 0.2) is 0 Å². The summed E-state index contributed by atoms with van der Waals surface area (Å²) < 4.78 is 0. The van der Waals surface area contributed by atoms with Crippen LogP contribution in [0, 0.1) is 5.92 Å². The van der Waals surface area contributed by atoms with E-state index in [1.54, 1.807) is 5.54 Å². The van der Waals surface area contributed by atoms with E-state index in [1.165, 1.54) is 51.0 Å². The Morgan fingerprint density at radius 2 is 2.38 bits per heavy atom. The molecule has 1 unspecified atom stereocenters. The zero-order chi connectivity index (χ0) is 11.8. The molecule has 0 spiro atoms. The fourth-order valence-electron chi connectivity index (χ4n) is 2.38. The fraction of sp³-hybridized carbons (Fsp3) is 0.846. The highest BCUT2D eigenvalue weighted by atomic mass is 35.5. The van der Waals surface area contributed by atoms with Gasteiger partial charge in [0.1, 0.15) is 0 Å². The number of nitrogens with zero attached hydrogens (tertiary/aromatic N) is 1. The monoisotopic (exact) mass is 244 g/mol.